The van der Waals surface area contributed by atoms with Gasteiger partial charge in [0.15, 0.2) is 5.69 Å². The van der Waals surface area contributed by atoms with Gasteiger partial charge in [0.1, 0.15) is 0 Å². The molecular weight excluding hydrogens is 294 g/mol. The summed E-state index contributed by atoms with van der Waals surface area (Å²) in [5.41, 5.74) is 0.0514. The number of thiazole rings is 1. The quantitative estimate of drug-likeness (QED) is 0.568. The highest BCUT2D eigenvalue weighted by molar-refractivity contribution is 7.09. The van der Waals surface area contributed by atoms with E-state index in [4.69, 9.17) is 9.84 Å². The molecule has 0 aliphatic rings. The van der Waals surface area contributed by atoms with Crippen molar-refractivity contribution in [1.29, 1.82) is 0 Å². The molecule has 0 radical (unpaired) electrons. The maximum absolute atomic E-state index is 11.5. The van der Waals surface area contributed by atoms with Gasteiger partial charge in [-0.05, 0) is 19.3 Å². The first-order chi connectivity index (χ1) is 10.1. The summed E-state index contributed by atoms with van der Waals surface area (Å²) < 4.78 is 4.94. The van der Waals surface area contributed by atoms with E-state index in [-0.39, 0.29) is 11.7 Å². The molecule has 0 bridgehead atoms. The topological polar surface area (TPSA) is 101 Å². The number of carboxylic acids is 1. The van der Waals surface area contributed by atoms with Gasteiger partial charge in [-0.2, -0.15) is 0 Å². The number of carbonyl (C=O) groups excluding carboxylic acids is 1. The maximum atomic E-state index is 11.5. The zero-order valence-electron chi connectivity index (χ0n) is 12.1. The van der Waals surface area contributed by atoms with Crippen molar-refractivity contribution in [2.24, 2.45) is 0 Å². The van der Waals surface area contributed by atoms with E-state index >= 15 is 0 Å². The van der Waals surface area contributed by atoms with E-state index in [0.29, 0.717) is 24.5 Å². The third-order valence-corrected chi connectivity index (χ3v) is 3.61. The average molecular weight is 315 g/mol. The van der Waals surface area contributed by atoms with Crippen molar-refractivity contribution >= 4 is 23.3 Å². The van der Waals surface area contributed by atoms with Crippen LogP contribution in [0, 0.1) is 0 Å². The molecule has 0 aliphatic carbocycles. The van der Waals surface area contributed by atoms with Crippen LogP contribution < -0.4 is 10.6 Å². The Kier molecular flexibility index (Phi) is 8.37. The van der Waals surface area contributed by atoms with Gasteiger partial charge < -0.3 is 20.5 Å². The Morgan fingerprint density at radius 2 is 2.05 bits per heavy atom. The SMILES string of the molecule is COCCCCCNC(=O)NCCc1nc(C(=O)O)cs1. The molecule has 8 heteroatoms. The Balaban J connectivity index is 2.06. The summed E-state index contributed by atoms with van der Waals surface area (Å²) in [6.45, 7) is 1.82. The van der Waals surface area contributed by atoms with E-state index in [1.807, 2.05) is 0 Å². The molecule has 1 aromatic heterocycles. The third kappa shape index (κ3) is 7.62. The molecule has 0 saturated heterocycles. The van der Waals surface area contributed by atoms with Gasteiger partial charge in [0.05, 0.1) is 5.01 Å². The number of amides is 2. The minimum absolute atomic E-state index is 0.0514. The molecule has 21 heavy (non-hydrogen) atoms. The van der Waals surface area contributed by atoms with Gasteiger partial charge in [0.2, 0.25) is 0 Å². The van der Waals surface area contributed by atoms with Crippen molar-refractivity contribution in [3.8, 4) is 0 Å². The van der Waals surface area contributed by atoms with Gasteiger partial charge in [-0.15, -0.1) is 11.3 Å². The van der Waals surface area contributed by atoms with Gasteiger partial charge in [-0.3, -0.25) is 0 Å². The summed E-state index contributed by atoms with van der Waals surface area (Å²) in [4.78, 5) is 26.1. The molecule has 7 nitrogen and oxygen atoms in total. The monoisotopic (exact) mass is 315 g/mol. The Morgan fingerprint density at radius 1 is 1.29 bits per heavy atom. The third-order valence-electron chi connectivity index (χ3n) is 2.71. The Hall–Kier alpha value is -1.67. The van der Waals surface area contributed by atoms with Crippen LogP contribution in [0.4, 0.5) is 4.79 Å². The average Bonchev–Trinajstić information content (AvgIpc) is 2.92. The summed E-state index contributed by atoms with van der Waals surface area (Å²) in [5, 5.41) is 16.4. The minimum atomic E-state index is -1.03. The summed E-state index contributed by atoms with van der Waals surface area (Å²) in [5.74, 6) is -1.03. The lowest BCUT2D eigenvalue weighted by Gasteiger charge is -2.06. The molecule has 1 aromatic rings. The number of unbranched alkanes of at least 4 members (excludes halogenated alkanes) is 2. The van der Waals surface area contributed by atoms with Crippen LogP contribution in [0.25, 0.3) is 0 Å². The predicted octanol–water partition coefficient (Wildman–Crippen LogP) is 1.50. The van der Waals surface area contributed by atoms with Crippen molar-refractivity contribution in [2.45, 2.75) is 25.7 Å². The van der Waals surface area contributed by atoms with E-state index < -0.39 is 5.97 Å². The lowest BCUT2D eigenvalue weighted by Crippen LogP contribution is -2.37. The standard InChI is InChI=1S/C13H21N3O4S/c1-20-8-4-2-3-6-14-13(19)15-7-5-11-16-10(9-21-11)12(17)18/h9H,2-8H2,1H3,(H,17,18)(H2,14,15,19). The molecule has 0 aliphatic heterocycles. The molecule has 1 rings (SSSR count). The van der Waals surface area contributed by atoms with Crippen LogP contribution in [0.5, 0.6) is 0 Å². The zero-order valence-corrected chi connectivity index (χ0v) is 12.9. The second-order valence-corrected chi connectivity index (χ2v) is 5.36. The van der Waals surface area contributed by atoms with Crippen molar-refractivity contribution in [3.63, 3.8) is 0 Å². The number of urea groups is 1. The fourth-order valence-corrected chi connectivity index (χ4v) is 2.39. The number of aromatic carboxylic acids is 1. The maximum Gasteiger partial charge on any atom is 0.355 e. The predicted molar refractivity (Wildman–Crippen MR) is 79.9 cm³/mol. The van der Waals surface area contributed by atoms with Crippen molar-refractivity contribution < 1.29 is 19.4 Å². The smallest absolute Gasteiger partial charge is 0.355 e. The largest absolute Gasteiger partial charge is 0.476 e. The van der Waals surface area contributed by atoms with Crippen LogP contribution in [-0.4, -0.2) is 48.9 Å². The molecular formula is C13H21N3O4S. The van der Waals surface area contributed by atoms with Crippen LogP contribution >= 0.6 is 11.3 Å². The molecule has 0 unspecified atom stereocenters. The van der Waals surface area contributed by atoms with E-state index in [0.717, 1.165) is 25.9 Å². The van der Waals surface area contributed by atoms with Crippen LogP contribution in [0.3, 0.4) is 0 Å². The van der Waals surface area contributed by atoms with Gasteiger partial charge in [0.25, 0.3) is 0 Å². The first-order valence-electron chi connectivity index (χ1n) is 6.82. The Labute approximate surface area is 127 Å². The molecule has 2 amide bonds. The number of nitrogens with one attached hydrogen (secondary N) is 2. The molecule has 1 heterocycles. The van der Waals surface area contributed by atoms with Crippen molar-refractivity contribution in [1.82, 2.24) is 15.6 Å². The summed E-state index contributed by atoms with van der Waals surface area (Å²) in [6, 6.07) is -0.211. The Bertz CT molecular complexity index is 450. The summed E-state index contributed by atoms with van der Waals surface area (Å²) in [7, 11) is 1.67. The highest BCUT2D eigenvalue weighted by Gasteiger charge is 2.08. The Morgan fingerprint density at radius 3 is 2.71 bits per heavy atom. The molecule has 0 aromatic carbocycles. The molecule has 0 saturated carbocycles. The van der Waals surface area contributed by atoms with Crippen LogP contribution in [0.15, 0.2) is 5.38 Å². The van der Waals surface area contributed by atoms with Gasteiger partial charge in [-0.25, -0.2) is 14.6 Å². The lowest BCUT2D eigenvalue weighted by molar-refractivity contribution is 0.0691. The number of ether oxygens (including phenoxy) is 1. The molecule has 0 atom stereocenters. The fraction of sp³-hybridized carbons (Fsp3) is 0.615. The van der Waals surface area contributed by atoms with Crippen LogP contribution in [-0.2, 0) is 11.2 Å². The van der Waals surface area contributed by atoms with E-state index in [9.17, 15) is 9.59 Å². The van der Waals surface area contributed by atoms with E-state index in [2.05, 4.69) is 15.6 Å². The number of hydrogen-bond donors (Lipinski definition) is 3. The number of carbonyl (C=O) groups is 2. The summed E-state index contributed by atoms with van der Waals surface area (Å²) in [6.07, 6.45) is 3.46. The normalized spacial score (nSPS) is 10.3. The second kappa shape index (κ2) is 10.1. The molecule has 0 spiro atoms. The number of aromatic nitrogens is 1. The van der Waals surface area contributed by atoms with Gasteiger partial charge in [-0.1, -0.05) is 0 Å². The number of hydrogen-bond acceptors (Lipinski definition) is 5. The summed E-state index contributed by atoms with van der Waals surface area (Å²) >= 11 is 1.28. The number of methoxy groups -OCH3 is 1. The highest BCUT2D eigenvalue weighted by Crippen LogP contribution is 2.09. The van der Waals surface area contributed by atoms with Crippen LogP contribution in [0.1, 0.15) is 34.8 Å². The molecule has 0 fully saturated rings. The van der Waals surface area contributed by atoms with Crippen LogP contribution in [0.2, 0.25) is 0 Å². The number of nitrogens with zero attached hydrogens (tertiary/aromatic N) is 1. The van der Waals surface area contributed by atoms with E-state index in [1.165, 1.54) is 16.7 Å². The van der Waals surface area contributed by atoms with Gasteiger partial charge >= 0.3 is 12.0 Å². The number of carboxylic acid groups (broad SMARTS) is 1. The minimum Gasteiger partial charge on any atom is -0.476 e. The number of rotatable bonds is 10. The highest BCUT2D eigenvalue weighted by atomic mass is 32.1. The first kappa shape index (κ1) is 17.4. The van der Waals surface area contributed by atoms with Gasteiger partial charge in [0, 0.05) is 38.6 Å². The fourth-order valence-electron chi connectivity index (χ4n) is 1.62. The van der Waals surface area contributed by atoms with Crippen molar-refractivity contribution in [3.05, 3.63) is 16.1 Å². The van der Waals surface area contributed by atoms with E-state index in [1.54, 1.807) is 7.11 Å². The lowest BCUT2D eigenvalue weighted by atomic mass is 10.2. The zero-order chi connectivity index (χ0) is 15.5. The second-order valence-electron chi connectivity index (χ2n) is 4.42. The first-order valence-corrected chi connectivity index (χ1v) is 7.69. The van der Waals surface area contributed by atoms with Crippen molar-refractivity contribution in [2.75, 3.05) is 26.8 Å². The molecule has 118 valence electrons. The molecule has 3 N–H and O–H groups in total.